The summed E-state index contributed by atoms with van der Waals surface area (Å²) in [6.45, 7) is 1.84. The Labute approximate surface area is 106 Å². The van der Waals surface area contributed by atoms with Gasteiger partial charge in [-0.15, -0.1) is 0 Å². The molecule has 1 aliphatic carbocycles. The molecule has 2 fully saturated rings. The zero-order chi connectivity index (χ0) is 12.8. The standard InChI is InChI=1S/C13H17N3O2/c14-10-2-3-11(16(17)18)12(8-10)15-7-1-4-13(9-15)5-6-13/h2-3,8H,1,4-7,9,14H2. The molecule has 1 saturated heterocycles. The Hall–Kier alpha value is -1.78. The average molecular weight is 247 g/mol. The molecule has 5 nitrogen and oxygen atoms in total. The number of benzene rings is 1. The molecule has 0 aromatic heterocycles. The molecule has 1 saturated carbocycles. The van der Waals surface area contributed by atoms with E-state index in [1.807, 2.05) is 0 Å². The van der Waals surface area contributed by atoms with Crippen LogP contribution < -0.4 is 10.6 Å². The minimum Gasteiger partial charge on any atom is -0.399 e. The fourth-order valence-corrected chi connectivity index (χ4v) is 2.95. The lowest BCUT2D eigenvalue weighted by Gasteiger charge is -2.34. The zero-order valence-electron chi connectivity index (χ0n) is 10.3. The molecule has 1 aromatic rings. The first-order valence-corrected chi connectivity index (χ1v) is 6.39. The first kappa shape index (κ1) is 11.3. The van der Waals surface area contributed by atoms with Gasteiger partial charge in [-0.2, -0.15) is 0 Å². The molecule has 96 valence electrons. The van der Waals surface area contributed by atoms with Crippen LogP contribution in [0.3, 0.4) is 0 Å². The van der Waals surface area contributed by atoms with Crippen molar-refractivity contribution in [1.29, 1.82) is 0 Å². The van der Waals surface area contributed by atoms with E-state index in [0.717, 1.165) is 19.5 Å². The minimum absolute atomic E-state index is 0.168. The molecular weight excluding hydrogens is 230 g/mol. The van der Waals surface area contributed by atoms with Crippen molar-refractivity contribution in [2.45, 2.75) is 25.7 Å². The molecular formula is C13H17N3O2. The van der Waals surface area contributed by atoms with E-state index in [1.165, 1.54) is 25.3 Å². The summed E-state index contributed by atoms with van der Waals surface area (Å²) in [5, 5.41) is 11.1. The minimum atomic E-state index is -0.317. The van der Waals surface area contributed by atoms with Gasteiger partial charge in [0.2, 0.25) is 0 Å². The lowest BCUT2D eigenvalue weighted by molar-refractivity contribution is -0.384. The van der Waals surface area contributed by atoms with E-state index < -0.39 is 0 Å². The Morgan fingerprint density at radius 3 is 2.78 bits per heavy atom. The summed E-state index contributed by atoms with van der Waals surface area (Å²) >= 11 is 0. The average Bonchev–Trinajstić information content (AvgIpc) is 3.08. The lowest BCUT2D eigenvalue weighted by atomic mass is 9.94. The molecule has 2 aliphatic rings. The summed E-state index contributed by atoms with van der Waals surface area (Å²) in [6, 6.07) is 4.84. The van der Waals surface area contributed by atoms with Crippen LogP contribution in [0.25, 0.3) is 0 Å². The number of nitrogens with zero attached hydrogens (tertiary/aromatic N) is 2. The number of nitro benzene ring substituents is 1. The maximum absolute atomic E-state index is 11.1. The molecule has 1 heterocycles. The summed E-state index contributed by atoms with van der Waals surface area (Å²) in [7, 11) is 0. The van der Waals surface area contributed by atoms with Gasteiger partial charge >= 0.3 is 0 Å². The highest BCUT2D eigenvalue weighted by Crippen LogP contribution is 2.53. The first-order valence-electron chi connectivity index (χ1n) is 6.39. The fourth-order valence-electron chi connectivity index (χ4n) is 2.95. The van der Waals surface area contributed by atoms with E-state index in [0.29, 0.717) is 16.8 Å². The van der Waals surface area contributed by atoms with Gasteiger partial charge < -0.3 is 10.6 Å². The van der Waals surface area contributed by atoms with Crippen LogP contribution in [-0.2, 0) is 0 Å². The van der Waals surface area contributed by atoms with Crippen molar-refractivity contribution in [2.24, 2.45) is 5.41 Å². The fraction of sp³-hybridized carbons (Fsp3) is 0.538. The summed E-state index contributed by atoms with van der Waals surface area (Å²) < 4.78 is 0. The topological polar surface area (TPSA) is 72.4 Å². The smallest absolute Gasteiger partial charge is 0.292 e. The number of rotatable bonds is 2. The van der Waals surface area contributed by atoms with Gasteiger partial charge in [0, 0.05) is 24.8 Å². The predicted octanol–water partition coefficient (Wildman–Crippen LogP) is 2.56. The number of nitrogen functional groups attached to an aromatic ring is 1. The van der Waals surface area contributed by atoms with Gasteiger partial charge in [-0.1, -0.05) is 0 Å². The number of hydrogen-bond acceptors (Lipinski definition) is 4. The van der Waals surface area contributed by atoms with Gasteiger partial charge in [-0.3, -0.25) is 10.1 Å². The van der Waals surface area contributed by atoms with Gasteiger partial charge in [0.15, 0.2) is 0 Å². The molecule has 3 rings (SSSR count). The number of nitrogens with two attached hydrogens (primary N) is 1. The quantitative estimate of drug-likeness (QED) is 0.495. The summed E-state index contributed by atoms with van der Waals surface area (Å²) in [6.07, 6.45) is 4.91. The van der Waals surface area contributed by atoms with E-state index in [9.17, 15) is 10.1 Å². The Kier molecular flexibility index (Phi) is 2.43. The molecule has 0 unspecified atom stereocenters. The van der Waals surface area contributed by atoms with Crippen LogP contribution in [-0.4, -0.2) is 18.0 Å². The normalized spacial score (nSPS) is 21.0. The van der Waals surface area contributed by atoms with E-state index in [2.05, 4.69) is 4.90 Å². The van der Waals surface area contributed by atoms with Crippen molar-refractivity contribution in [3.63, 3.8) is 0 Å². The van der Waals surface area contributed by atoms with Gasteiger partial charge in [0.25, 0.3) is 5.69 Å². The summed E-state index contributed by atoms with van der Waals surface area (Å²) in [5.41, 5.74) is 7.65. The monoisotopic (exact) mass is 247 g/mol. The summed E-state index contributed by atoms with van der Waals surface area (Å²) in [4.78, 5) is 12.9. The van der Waals surface area contributed by atoms with Crippen molar-refractivity contribution in [2.75, 3.05) is 23.7 Å². The van der Waals surface area contributed by atoms with Crippen molar-refractivity contribution in [3.05, 3.63) is 28.3 Å². The van der Waals surface area contributed by atoms with Gasteiger partial charge in [-0.25, -0.2) is 0 Å². The number of piperidine rings is 1. The first-order chi connectivity index (χ1) is 8.60. The molecule has 0 atom stereocenters. The van der Waals surface area contributed by atoms with Crippen molar-refractivity contribution in [1.82, 2.24) is 0 Å². The Balaban J connectivity index is 1.94. The molecule has 0 radical (unpaired) electrons. The molecule has 1 aromatic carbocycles. The van der Waals surface area contributed by atoms with Crippen LogP contribution in [0.2, 0.25) is 0 Å². The van der Waals surface area contributed by atoms with E-state index >= 15 is 0 Å². The van der Waals surface area contributed by atoms with Crippen molar-refractivity contribution in [3.8, 4) is 0 Å². The highest BCUT2D eigenvalue weighted by molar-refractivity contribution is 5.69. The molecule has 2 N–H and O–H groups in total. The van der Waals surface area contributed by atoms with Crippen LogP contribution >= 0.6 is 0 Å². The second-order valence-corrected chi connectivity index (χ2v) is 5.53. The molecule has 18 heavy (non-hydrogen) atoms. The Morgan fingerprint density at radius 2 is 2.11 bits per heavy atom. The number of hydrogen-bond donors (Lipinski definition) is 1. The van der Waals surface area contributed by atoms with Crippen LogP contribution in [0.5, 0.6) is 0 Å². The van der Waals surface area contributed by atoms with E-state index in [1.54, 1.807) is 12.1 Å². The van der Waals surface area contributed by atoms with E-state index in [-0.39, 0.29) is 10.6 Å². The van der Waals surface area contributed by atoms with E-state index in [4.69, 9.17) is 5.73 Å². The van der Waals surface area contributed by atoms with Crippen LogP contribution in [0.4, 0.5) is 17.1 Å². The lowest BCUT2D eigenvalue weighted by Crippen LogP contribution is -2.36. The SMILES string of the molecule is Nc1ccc([N+](=O)[O-])c(N2CCCC3(CC3)C2)c1. The van der Waals surface area contributed by atoms with Gasteiger partial charge in [0.1, 0.15) is 5.69 Å². The third-order valence-electron chi connectivity index (χ3n) is 4.16. The van der Waals surface area contributed by atoms with Gasteiger partial charge in [-0.05, 0) is 43.2 Å². The third-order valence-corrected chi connectivity index (χ3v) is 4.16. The second kappa shape index (κ2) is 3.86. The van der Waals surface area contributed by atoms with Crippen molar-refractivity contribution >= 4 is 17.1 Å². The predicted molar refractivity (Wildman–Crippen MR) is 70.6 cm³/mol. The maximum Gasteiger partial charge on any atom is 0.292 e. The number of nitro groups is 1. The van der Waals surface area contributed by atoms with Gasteiger partial charge in [0.05, 0.1) is 4.92 Å². The van der Waals surface area contributed by atoms with Crippen molar-refractivity contribution < 1.29 is 4.92 Å². The van der Waals surface area contributed by atoms with Crippen LogP contribution in [0, 0.1) is 15.5 Å². The van der Waals surface area contributed by atoms with Crippen LogP contribution in [0.15, 0.2) is 18.2 Å². The highest BCUT2D eigenvalue weighted by atomic mass is 16.6. The maximum atomic E-state index is 11.1. The zero-order valence-corrected chi connectivity index (χ0v) is 10.3. The third kappa shape index (κ3) is 1.89. The molecule has 0 bridgehead atoms. The highest BCUT2D eigenvalue weighted by Gasteiger charge is 2.46. The number of anilines is 2. The summed E-state index contributed by atoms with van der Waals surface area (Å²) in [5.74, 6) is 0. The molecule has 1 aliphatic heterocycles. The largest absolute Gasteiger partial charge is 0.399 e. The molecule has 0 amide bonds. The Morgan fingerprint density at radius 1 is 1.33 bits per heavy atom. The molecule has 1 spiro atoms. The molecule has 5 heteroatoms. The Bertz CT molecular complexity index is 497. The van der Waals surface area contributed by atoms with Crippen LogP contribution in [0.1, 0.15) is 25.7 Å². The second-order valence-electron chi connectivity index (χ2n) is 5.53.